The summed E-state index contributed by atoms with van der Waals surface area (Å²) in [6, 6.07) is 1.13. The maximum Gasteiger partial charge on any atom is 0.0931 e. The lowest BCUT2D eigenvalue weighted by Gasteiger charge is -2.54. The molecule has 37 heavy (non-hydrogen) atoms. The molecule has 2 saturated heterocycles. The van der Waals surface area contributed by atoms with E-state index in [0.29, 0.717) is 30.3 Å². The molecule has 2 heterocycles. The zero-order valence-corrected chi connectivity index (χ0v) is 27.7. The van der Waals surface area contributed by atoms with Crippen molar-refractivity contribution in [1.82, 2.24) is 4.90 Å². The number of rotatable bonds is 8. The highest BCUT2D eigenvalue weighted by molar-refractivity contribution is 5.07. The molecule has 10 atom stereocenters. The third-order valence-electron chi connectivity index (χ3n) is 10.5. The van der Waals surface area contributed by atoms with Crippen LogP contribution >= 0.6 is 0 Å². The molecule has 3 heteroatoms. The summed E-state index contributed by atoms with van der Waals surface area (Å²) in [6.45, 7) is 29.3. The molecule has 0 radical (unpaired) electrons. The highest BCUT2D eigenvalue weighted by Crippen LogP contribution is 2.52. The Kier molecular flexibility index (Phi) is 18.2. The van der Waals surface area contributed by atoms with E-state index in [2.05, 4.69) is 46.4 Å². The number of fused-ring (bicyclic) bond motifs is 1. The Morgan fingerprint density at radius 2 is 1.43 bits per heavy atom. The Morgan fingerprint density at radius 1 is 0.892 bits per heavy atom. The summed E-state index contributed by atoms with van der Waals surface area (Å²) >= 11 is 0. The van der Waals surface area contributed by atoms with Gasteiger partial charge in [0.2, 0.25) is 0 Å². The van der Waals surface area contributed by atoms with Crippen LogP contribution in [0.25, 0.3) is 0 Å². The van der Waals surface area contributed by atoms with Crippen molar-refractivity contribution in [2.75, 3.05) is 6.54 Å². The summed E-state index contributed by atoms with van der Waals surface area (Å²) in [5.74, 6) is 4.79. The average molecular weight is 526 g/mol. The maximum atomic E-state index is 11.6. The molecule has 0 aromatic carbocycles. The third-order valence-corrected chi connectivity index (χ3v) is 10.5. The number of hydrogen-bond donors (Lipinski definition) is 2. The number of aliphatic hydroxyl groups is 2. The lowest BCUT2D eigenvalue weighted by Crippen LogP contribution is -2.60. The summed E-state index contributed by atoms with van der Waals surface area (Å²) in [5, 5.41) is 22.3. The van der Waals surface area contributed by atoms with Crippen molar-refractivity contribution in [2.24, 2.45) is 41.4 Å². The first-order valence-corrected chi connectivity index (χ1v) is 16.9. The highest BCUT2D eigenvalue weighted by atomic mass is 16.3. The fourth-order valence-corrected chi connectivity index (χ4v) is 8.40. The van der Waals surface area contributed by atoms with Crippen molar-refractivity contribution in [3.63, 3.8) is 0 Å². The molecule has 0 bridgehead atoms. The Bertz CT molecular complexity index is 556. The zero-order chi connectivity index (χ0) is 28.9. The minimum Gasteiger partial charge on any atom is -0.390 e. The molecule has 1 aliphatic carbocycles. The van der Waals surface area contributed by atoms with Gasteiger partial charge < -0.3 is 10.2 Å². The van der Waals surface area contributed by atoms with Gasteiger partial charge in [-0.2, -0.15) is 0 Å². The number of hydrogen-bond acceptors (Lipinski definition) is 3. The van der Waals surface area contributed by atoms with Gasteiger partial charge >= 0.3 is 0 Å². The number of aliphatic hydroxyl groups excluding tert-OH is 1. The van der Waals surface area contributed by atoms with Gasteiger partial charge in [0, 0.05) is 18.6 Å². The van der Waals surface area contributed by atoms with E-state index in [4.69, 9.17) is 0 Å². The topological polar surface area (TPSA) is 43.7 Å². The molecule has 0 amide bonds. The molecular formula is C34H71NO2. The quantitative estimate of drug-likeness (QED) is 0.332. The van der Waals surface area contributed by atoms with E-state index in [9.17, 15) is 10.2 Å². The van der Waals surface area contributed by atoms with E-state index < -0.39 is 11.7 Å². The van der Waals surface area contributed by atoms with Gasteiger partial charge in [-0.25, -0.2) is 0 Å². The second-order valence-corrected chi connectivity index (χ2v) is 12.0. The fourth-order valence-electron chi connectivity index (χ4n) is 8.40. The normalized spacial score (nSPS) is 37.9. The van der Waals surface area contributed by atoms with Gasteiger partial charge in [0.25, 0.3) is 0 Å². The van der Waals surface area contributed by atoms with Gasteiger partial charge in [-0.3, -0.25) is 4.90 Å². The summed E-state index contributed by atoms with van der Waals surface area (Å²) in [4.78, 5) is 2.89. The standard InChI is InChI=1S/C28H53NO2.3C2H6/c1-8-12-26-23(9-2)25(28(31,10-3)21(7)30)16-27-20(6)22(17-29(26)27)15-24-18(4)13-11-14-19(24)5;3*1-2/h18-27,30-31H,8-17H2,1-7H3;3*1-2H3. The van der Waals surface area contributed by atoms with E-state index >= 15 is 0 Å². The minimum absolute atomic E-state index is 0.203. The van der Waals surface area contributed by atoms with Crippen LogP contribution < -0.4 is 0 Å². The van der Waals surface area contributed by atoms with E-state index in [1.807, 2.05) is 48.5 Å². The summed E-state index contributed by atoms with van der Waals surface area (Å²) in [5.41, 5.74) is -0.955. The maximum absolute atomic E-state index is 11.6. The van der Waals surface area contributed by atoms with Gasteiger partial charge in [-0.05, 0) is 74.0 Å². The van der Waals surface area contributed by atoms with Crippen LogP contribution in [0.5, 0.6) is 0 Å². The molecule has 3 fully saturated rings. The van der Waals surface area contributed by atoms with Crippen LogP contribution in [0.1, 0.15) is 148 Å². The Hall–Kier alpha value is -0.120. The van der Waals surface area contributed by atoms with Crippen molar-refractivity contribution in [2.45, 2.75) is 172 Å². The smallest absolute Gasteiger partial charge is 0.0931 e. The van der Waals surface area contributed by atoms with Gasteiger partial charge in [-0.1, -0.05) is 115 Å². The molecule has 1 saturated carbocycles. The Labute approximate surface area is 234 Å². The van der Waals surface area contributed by atoms with Crippen LogP contribution in [0, 0.1) is 41.4 Å². The van der Waals surface area contributed by atoms with Crippen LogP contribution in [0.2, 0.25) is 0 Å². The predicted octanol–water partition coefficient (Wildman–Crippen LogP) is 9.20. The molecular weight excluding hydrogens is 454 g/mol. The first-order chi connectivity index (χ1) is 17.7. The third kappa shape index (κ3) is 8.43. The van der Waals surface area contributed by atoms with Crippen molar-refractivity contribution < 1.29 is 10.2 Å². The molecule has 2 aliphatic heterocycles. The van der Waals surface area contributed by atoms with Gasteiger partial charge in [0.1, 0.15) is 0 Å². The zero-order valence-electron chi connectivity index (χ0n) is 27.7. The van der Waals surface area contributed by atoms with Crippen LogP contribution in [0.3, 0.4) is 0 Å². The summed E-state index contributed by atoms with van der Waals surface area (Å²) in [6.07, 6.45) is 10.2. The lowest BCUT2D eigenvalue weighted by molar-refractivity contribution is -0.157. The minimum atomic E-state index is -0.955. The largest absolute Gasteiger partial charge is 0.390 e. The van der Waals surface area contributed by atoms with Crippen molar-refractivity contribution in [3.05, 3.63) is 0 Å². The molecule has 0 aromatic rings. The summed E-state index contributed by atoms with van der Waals surface area (Å²) in [7, 11) is 0. The van der Waals surface area contributed by atoms with Crippen molar-refractivity contribution in [3.8, 4) is 0 Å². The number of piperidine rings is 1. The number of nitrogens with zero attached hydrogens (tertiary/aromatic N) is 1. The molecule has 10 unspecified atom stereocenters. The van der Waals surface area contributed by atoms with Crippen LogP contribution in [0.4, 0.5) is 0 Å². The first kappa shape index (κ1) is 36.9. The fraction of sp³-hybridized carbons (Fsp3) is 1.00. The predicted molar refractivity (Wildman–Crippen MR) is 165 cm³/mol. The Balaban J connectivity index is 0.00000201. The molecule has 3 nitrogen and oxygen atoms in total. The van der Waals surface area contributed by atoms with Crippen molar-refractivity contribution >= 4 is 0 Å². The van der Waals surface area contributed by atoms with Crippen LogP contribution in [0.15, 0.2) is 0 Å². The lowest BCUT2D eigenvalue weighted by atomic mass is 9.63. The van der Waals surface area contributed by atoms with Gasteiger partial charge in [-0.15, -0.1) is 0 Å². The average Bonchev–Trinajstić information content (AvgIpc) is 3.24. The molecule has 2 N–H and O–H groups in total. The molecule has 0 spiro atoms. The van der Waals surface area contributed by atoms with Gasteiger partial charge in [0.15, 0.2) is 0 Å². The van der Waals surface area contributed by atoms with Crippen molar-refractivity contribution in [1.29, 1.82) is 0 Å². The van der Waals surface area contributed by atoms with E-state index in [1.165, 1.54) is 45.1 Å². The molecule has 0 aromatic heterocycles. The highest BCUT2D eigenvalue weighted by Gasteiger charge is 2.55. The van der Waals surface area contributed by atoms with Gasteiger partial charge in [0.05, 0.1) is 11.7 Å². The second-order valence-electron chi connectivity index (χ2n) is 12.0. The monoisotopic (exact) mass is 526 g/mol. The van der Waals surface area contributed by atoms with E-state index in [0.717, 1.165) is 36.5 Å². The second kappa shape index (κ2) is 18.3. The Morgan fingerprint density at radius 3 is 1.86 bits per heavy atom. The van der Waals surface area contributed by atoms with E-state index in [-0.39, 0.29) is 5.92 Å². The molecule has 224 valence electrons. The molecule has 3 aliphatic rings. The van der Waals surface area contributed by atoms with E-state index in [1.54, 1.807) is 0 Å². The first-order valence-electron chi connectivity index (χ1n) is 16.9. The summed E-state index contributed by atoms with van der Waals surface area (Å²) < 4.78 is 0. The van der Waals surface area contributed by atoms with Crippen LogP contribution in [-0.2, 0) is 0 Å². The van der Waals surface area contributed by atoms with Crippen LogP contribution in [-0.4, -0.2) is 45.4 Å². The SMILES string of the molecule is CC.CC.CC.CCCC1C(CC)C(C(O)(CC)C(C)O)CC2C(C)C(CC3C(C)CCCC3C)CN21. The molecule has 3 rings (SSSR count).